The lowest BCUT2D eigenvalue weighted by atomic mass is 9.91. The maximum absolute atomic E-state index is 13.2. The van der Waals surface area contributed by atoms with E-state index < -0.39 is 22.0 Å². The molecule has 0 fully saturated rings. The maximum atomic E-state index is 13.2. The van der Waals surface area contributed by atoms with Gasteiger partial charge >= 0.3 is 16.1 Å². The van der Waals surface area contributed by atoms with Gasteiger partial charge in [0.15, 0.2) is 11.5 Å². The Labute approximate surface area is 189 Å². The number of hydrogen-bond donors (Lipinski definition) is 0. The lowest BCUT2D eigenvalue weighted by Crippen LogP contribution is -2.30. The van der Waals surface area contributed by atoms with E-state index in [1.165, 1.54) is 11.3 Å². The van der Waals surface area contributed by atoms with Crippen LogP contribution in [0.25, 0.3) is 5.76 Å². The van der Waals surface area contributed by atoms with Crippen molar-refractivity contribution in [3.63, 3.8) is 0 Å². The summed E-state index contributed by atoms with van der Waals surface area (Å²) in [7, 11) is -4.21. The van der Waals surface area contributed by atoms with Crippen molar-refractivity contribution in [1.82, 2.24) is 0 Å². The summed E-state index contributed by atoms with van der Waals surface area (Å²) >= 11 is 1.35. The van der Waals surface area contributed by atoms with Gasteiger partial charge in [0.05, 0.1) is 17.1 Å². The second-order valence-corrected chi connectivity index (χ2v) is 9.80. The van der Waals surface area contributed by atoms with Gasteiger partial charge in [-0.1, -0.05) is 48.5 Å². The van der Waals surface area contributed by atoms with E-state index in [2.05, 4.69) is 0 Å². The van der Waals surface area contributed by atoms with Crippen LogP contribution in [0.2, 0.25) is 0 Å². The van der Waals surface area contributed by atoms with Gasteiger partial charge in [-0.15, -0.1) is 11.3 Å². The van der Waals surface area contributed by atoms with Crippen LogP contribution in [0.4, 0.5) is 0 Å². The zero-order valence-electron chi connectivity index (χ0n) is 17.0. The van der Waals surface area contributed by atoms with Crippen molar-refractivity contribution in [3.8, 4) is 5.75 Å². The molecule has 2 aliphatic rings. The number of thiophene rings is 1. The molecule has 1 unspecified atom stereocenters. The molecule has 3 heterocycles. The Bertz CT molecular complexity index is 1350. The normalized spacial score (nSPS) is 18.8. The van der Waals surface area contributed by atoms with Crippen LogP contribution in [0.3, 0.4) is 0 Å². The molecule has 0 spiro atoms. The molecule has 162 valence electrons. The molecule has 0 saturated heterocycles. The van der Waals surface area contributed by atoms with Crippen molar-refractivity contribution < 1.29 is 26.9 Å². The van der Waals surface area contributed by atoms with Crippen LogP contribution in [0.5, 0.6) is 5.75 Å². The molecule has 0 amide bonds. The van der Waals surface area contributed by atoms with Gasteiger partial charge < -0.3 is 13.7 Å². The number of allylic oxidation sites excluding steroid dienone is 2. The minimum Gasteiger partial charge on any atom is -0.459 e. The van der Waals surface area contributed by atoms with E-state index in [1.54, 1.807) is 37.3 Å². The highest BCUT2D eigenvalue weighted by atomic mass is 32.2. The molecule has 3 aromatic rings. The average Bonchev–Trinajstić information content (AvgIpc) is 3.32. The molecule has 8 heteroatoms. The van der Waals surface area contributed by atoms with Crippen molar-refractivity contribution in [1.29, 1.82) is 0 Å². The predicted octanol–water partition coefficient (Wildman–Crippen LogP) is 4.97. The fourth-order valence-electron chi connectivity index (χ4n) is 3.85. The number of carbonyl (C=O) groups excluding carboxylic acids is 1. The number of rotatable bonds is 4. The largest absolute Gasteiger partial charge is 0.459 e. The second kappa shape index (κ2) is 7.96. The first-order chi connectivity index (χ1) is 15.5. The third kappa shape index (κ3) is 3.51. The Morgan fingerprint density at radius 2 is 1.78 bits per heavy atom. The Balaban J connectivity index is 1.61. The Kier molecular flexibility index (Phi) is 5.11. The van der Waals surface area contributed by atoms with Gasteiger partial charge in [-0.25, -0.2) is 4.79 Å². The average molecular weight is 467 g/mol. The van der Waals surface area contributed by atoms with E-state index in [4.69, 9.17) is 13.7 Å². The van der Waals surface area contributed by atoms with Gasteiger partial charge in [0, 0.05) is 4.88 Å². The van der Waals surface area contributed by atoms with Crippen molar-refractivity contribution in [2.24, 2.45) is 0 Å². The fraction of sp³-hybridized carbons (Fsp3) is 0.125. The van der Waals surface area contributed by atoms with Gasteiger partial charge in [-0.05, 0) is 36.1 Å². The number of hydrogen-bond acceptors (Lipinski definition) is 7. The van der Waals surface area contributed by atoms with Crippen LogP contribution in [0, 0.1) is 0 Å². The van der Waals surface area contributed by atoms with E-state index in [9.17, 15) is 13.2 Å². The summed E-state index contributed by atoms with van der Waals surface area (Å²) < 4.78 is 43.3. The number of para-hydroxylation sites is 1. The molecular weight excluding hydrogens is 448 g/mol. The van der Waals surface area contributed by atoms with Gasteiger partial charge in [-0.2, -0.15) is 8.42 Å². The Morgan fingerprint density at radius 1 is 1.03 bits per heavy atom. The zero-order valence-corrected chi connectivity index (χ0v) is 18.6. The standard InChI is InChI=1S/C24H18O6S2/c1-15-20(24(25)28-14-16-8-3-2-4-9-16)21(19-12-7-13-31-19)23-22(29-15)17-10-5-6-11-18(17)30-32(23,26)27/h2-13,21H,14H2,1H3. The van der Waals surface area contributed by atoms with E-state index >= 15 is 0 Å². The minimum atomic E-state index is -4.21. The summed E-state index contributed by atoms with van der Waals surface area (Å²) in [5.41, 5.74) is 1.49. The number of ether oxygens (including phenoxy) is 2. The maximum Gasteiger partial charge on any atom is 0.340 e. The van der Waals surface area contributed by atoms with Crippen molar-refractivity contribution in [3.05, 3.63) is 104 Å². The van der Waals surface area contributed by atoms with Crippen molar-refractivity contribution >= 4 is 33.2 Å². The van der Waals surface area contributed by atoms with E-state index in [0.717, 1.165) is 5.56 Å². The molecule has 6 nitrogen and oxygen atoms in total. The highest BCUT2D eigenvalue weighted by molar-refractivity contribution is 7.91. The molecule has 0 bridgehead atoms. The van der Waals surface area contributed by atoms with Gasteiger partial charge in [0.25, 0.3) is 0 Å². The lowest BCUT2D eigenvalue weighted by Gasteiger charge is -2.33. The molecule has 2 aromatic carbocycles. The molecule has 5 rings (SSSR count). The Hall–Kier alpha value is -3.36. The SMILES string of the molecule is CC1=C(C(=O)OCc2ccccc2)C(c2cccs2)C2=C(O1)c1ccccc1OS2(=O)=O. The Morgan fingerprint density at radius 3 is 2.53 bits per heavy atom. The van der Waals surface area contributed by atoms with Crippen LogP contribution in [-0.4, -0.2) is 14.4 Å². The molecule has 32 heavy (non-hydrogen) atoms. The summed E-state index contributed by atoms with van der Waals surface area (Å²) in [5.74, 6) is -0.848. The van der Waals surface area contributed by atoms with Crippen molar-refractivity contribution in [2.45, 2.75) is 19.4 Å². The number of carbonyl (C=O) groups is 1. The fourth-order valence-corrected chi connectivity index (χ4v) is 6.15. The number of fused-ring (bicyclic) bond motifs is 2. The smallest absolute Gasteiger partial charge is 0.340 e. The van der Waals surface area contributed by atoms with Crippen LogP contribution < -0.4 is 4.18 Å². The van der Waals surface area contributed by atoms with Crippen LogP contribution in [0.15, 0.2) is 88.3 Å². The molecule has 0 N–H and O–H groups in total. The summed E-state index contributed by atoms with van der Waals surface area (Å²) in [4.78, 5) is 13.8. The van der Waals surface area contributed by atoms with Crippen LogP contribution >= 0.6 is 11.3 Å². The topological polar surface area (TPSA) is 78.9 Å². The number of esters is 1. The highest BCUT2D eigenvalue weighted by Crippen LogP contribution is 2.51. The summed E-state index contributed by atoms with van der Waals surface area (Å²) in [6.07, 6.45) is 0. The van der Waals surface area contributed by atoms with E-state index in [0.29, 0.717) is 16.2 Å². The minimum absolute atomic E-state index is 0.0611. The third-order valence-corrected chi connectivity index (χ3v) is 7.57. The van der Waals surface area contributed by atoms with Crippen molar-refractivity contribution in [2.75, 3.05) is 0 Å². The molecule has 1 aromatic heterocycles. The summed E-state index contributed by atoms with van der Waals surface area (Å²) in [6, 6.07) is 19.6. The highest BCUT2D eigenvalue weighted by Gasteiger charge is 2.47. The van der Waals surface area contributed by atoms with Gasteiger partial charge in [0.1, 0.15) is 17.3 Å². The molecule has 0 radical (unpaired) electrons. The predicted molar refractivity (Wildman–Crippen MR) is 120 cm³/mol. The van der Waals surface area contributed by atoms with Gasteiger partial charge in [-0.3, -0.25) is 0 Å². The van der Waals surface area contributed by atoms with E-state index in [1.807, 2.05) is 41.8 Å². The molecule has 0 aliphatic carbocycles. The van der Waals surface area contributed by atoms with Crippen LogP contribution in [0.1, 0.15) is 28.8 Å². The molecular formula is C24H18O6S2. The number of benzene rings is 2. The monoisotopic (exact) mass is 466 g/mol. The first-order valence-electron chi connectivity index (χ1n) is 9.87. The van der Waals surface area contributed by atoms with Gasteiger partial charge in [0.2, 0.25) is 0 Å². The first-order valence-corrected chi connectivity index (χ1v) is 12.2. The molecule has 2 aliphatic heterocycles. The second-order valence-electron chi connectivity index (χ2n) is 7.31. The zero-order chi connectivity index (χ0) is 22.3. The first kappa shape index (κ1) is 20.5. The molecule has 0 saturated carbocycles. The lowest BCUT2D eigenvalue weighted by molar-refractivity contribution is -0.140. The molecule has 1 atom stereocenters. The summed E-state index contributed by atoms with van der Waals surface area (Å²) in [6.45, 7) is 1.71. The van der Waals surface area contributed by atoms with E-state index in [-0.39, 0.29) is 28.6 Å². The quantitative estimate of drug-likeness (QED) is 0.399. The summed E-state index contributed by atoms with van der Waals surface area (Å²) in [5, 5.41) is 1.83. The third-order valence-electron chi connectivity index (χ3n) is 5.27. The van der Waals surface area contributed by atoms with Crippen LogP contribution in [-0.2, 0) is 31.0 Å².